The second kappa shape index (κ2) is 4.82. The maximum Gasteiger partial charge on any atom is 0.123 e. The van der Waals surface area contributed by atoms with Crippen molar-refractivity contribution in [2.24, 2.45) is 0 Å². The van der Waals surface area contributed by atoms with Gasteiger partial charge < -0.3 is 14.5 Å². The number of halogens is 1. The quantitative estimate of drug-likeness (QED) is 0.781. The van der Waals surface area contributed by atoms with Crippen molar-refractivity contribution >= 4 is 12.4 Å². The lowest BCUT2D eigenvalue weighted by molar-refractivity contribution is 0.0696. The summed E-state index contributed by atoms with van der Waals surface area (Å²) < 4.78 is 11.0. The molecule has 4 heteroatoms. The number of ether oxygens (including phenoxy) is 1. The fraction of sp³-hybridized carbons (Fsp3) is 0.600. The standard InChI is InChI=1S/C10H15NO2.ClH/c1-7-5-10(13-8(7)2)9-6-12-4-3-11-9;/h5,9,11H,3-4,6H2,1-2H3;1H/t9-;/m0./s1. The highest BCUT2D eigenvalue weighted by Crippen LogP contribution is 2.21. The van der Waals surface area contributed by atoms with Crippen molar-refractivity contribution < 1.29 is 9.15 Å². The number of nitrogens with one attached hydrogen (secondary N) is 1. The van der Waals surface area contributed by atoms with Crippen molar-refractivity contribution in [2.75, 3.05) is 19.8 Å². The summed E-state index contributed by atoms with van der Waals surface area (Å²) in [5.41, 5.74) is 1.21. The van der Waals surface area contributed by atoms with Gasteiger partial charge in [0.2, 0.25) is 0 Å². The molecule has 14 heavy (non-hydrogen) atoms. The zero-order chi connectivity index (χ0) is 9.26. The molecule has 1 aromatic rings. The van der Waals surface area contributed by atoms with Crippen molar-refractivity contribution in [3.63, 3.8) is 0 Å². The van der Waals surface area contributed by atoms with E-state index in [1.165, 1.54) is 5.56 Å². The van der Waals surface area contributed by atoms with E-state index in [4.69, 9.17) is 9.15 Å². The first-order valence-corrected chi connectivity index (χ1v) is 4.65. The molecule has 80 valence electrons. The molecule has 1 aromatic heterocycles. The van der Waals surface area contributed by atoms with E-state index in [2.05, 4.69) is 18.3 Å². The summed E-state index contributed by atoms with van der Waals surface area (Å²) in [7, 11) is 0. The zero-order valence-electron chi connectivity index (χ0n) is 8.50. The van der Waals surface area contributed by atoms with Gasteiger partial charge in [0.25, 0.3) is 0 Å². The van der Waals surface area contributed by atoms with Gasteiger partial charge in [-0.25, -0.2) is 0 Å². The number of hydrogen-bond acceptors (Lipinski definition) is 3. The highest BCUT2D eigenvalue weighted by Gasteiger charge is 2.18. The van der Waals surface area contributed by atoms with Crippen LogP contribution in [0.25, 0.3) is 0 Å². The largest absolute Gasteiger partial charge is 0.464 e. The zero-order valence-corrected chi connectivity index (χ0v) is 9.32. The third kappa shape index (κ3) is 2.29. The number of aryl methyl sites for hydroxylation is 2. The molecule has 2 rings (SSSR count). The van der Waals surface area contributed by atoms with Crippen LogP contribution in [0.3, 0.4) is 0 Å². The van der Waals surface area contributed by atoms with E-state index in [1.54, 1.807) is 0 Å². The summed E-state index contributed by atoms with van der Waals surface area (Å²) >= 11 is 0. The van der Waals surface area contributed by atoms with Crippen molar-refractivity contribution in [3.05, 3.63) is 23.2 Å². The van der Waals surface area contributed by atoms with Crippen LogP contribution in [0.1, 0.15) is 23.1 Å². The Morgan fingerprint density at radius 3 is 2.71 bits per heavy atom. The van der Waals surface area contributed by atoms with E-state index in [-0.39, 0.29) is 18.4 Å². The lowest BCUT2D eigenvalue weighted by atomic mass is 10.2. The van der Waals surface area contributed by atoms with Gasteiger partial charge in [0.15, 0.2) is 0 Å². The average Bonchev–Trinajstić information content (AvgIpc) is 2.49. The van der Waals surface area contributed by atoms with Crippen LogP contribution in [0.5, 0.6) is 0 Å². The molecule has 0 bridgehead atoms. The minimum atomic E-state index is 0. The first-order chi connectivity index (χ1) is 6.27. The monoisotopic (exact) mass is 217 g/mol. The SMILES string of the molecule is Cc1cc([C@@H]2COCCN2)oc1C.Cl. The minimum Gasteiger partial charge on any atom is -0.464 e. The van der Waals surface area contributed by atoms with Gasteiger partial charge in [0, 0.05) is 6.54 Å². The van der Waals surface area contributed by atoms with Crippen molar-refractivity contribution in [1.29, 1.82) is 0 Å². The number of rotatable bonds is 1. The van der Waals surface area contributed by atoms with Gasteiger partial charge in [-0.3, -0.25) is 0 Å². The summed E-state index contributed by atoms with van der Waals surface area (Å²) in [4.78, 5) is 0. The van der Waals surface area contributed by atoms with Gasteiger partial charge in [-0.05, 0) is 25.5 Å². The van der Waals surface area contributed by atoms with Gasteiger partial charge >= 0.3 is 0 Å². The minimum absolute atomic E-state index is 0. The third-order valence-electron chi connectivity index (χ3n) is 2.45. The van der Waals surface area contributed by atoms with Crippen LogP contribution in [0.4, 0.5) is 0 Å². The molecule has 1 N–H and O–H groups in total. The molecule has 0 amide bonds. The lowest BCUT2D eigenvalue weighted by Crippen LogP contribution is -2.34. The van der Waals surface area contributed by atoms with Crippen LogP contribution in [-0.2, 0) is 4.74 Å². The maximum absolute atomic E-state index is 5.61. The Morgan fingerprint density at radius 1 is 1.43 bits per heavy atom. The molecule has 0 aromatic carbocycles. The van der Waals surface area contributed by atoms with E-state index >= 15 is 0 Å². The van der Waals surface area contributed by atoms with Crippen LogP contribution in [0.2, 0.25) is 0 Å². The van der Waals surface area contributed by atoms with E-state index in [1.807, 2.05) is 6.92 Å². The van der Waals surface area contributed by atoms with E-state index in [9.17, 15) is 0 Å². The summed E-state index contributed by atoms with van der Waals surface area (Å²) in [5, 5.41) is 3.36. The van der Waals surface area contributed by atoms with E-state index in [0.717, 1.165) is 24.7 Å². The lowest BCUT2D eigenvalue weighted by Gasteiger charge is -2.21. The van der Waals surface area contributed by atoms with Gasteiger partial charge in [-0.1, -0.05) is 0 Å². The topological polar surface area (TPSA) is 34.4 Å². The summed E-state index contributed by atoms with van der Waals surface area (Å²) in [6, 6.07) is 2.32. The third-order valence-corrected chi connectivity index (χ3v) is 2.45. The first-order valence-electron chi connectivity index (χ1n) is 4.65. The Morgan fingerprint density at radius 2 is 2.21 bits per heavy atom. The molecule has 0 aliphatic carbocycles. The van der Waals surface area contributed by atoms with Crippen LogP contribution in [0, 0.1) is 13.8 Å². The number of morpholine rings is 1. The highest BCUT2D eigenvalue weighted by molar-refractivity contribution is 5.85. The van der Waals surface area contributed by atoms with Gasteiger partial charge in [-0.15, -0.1) is 12.4 Å². The smallest absolute Gasteiger partial charge is 0.123 e. The van der Waals surface area contributed by atoms with Gasteiger partial charge in [0.05, 0.1) is 19.3 Å². The predicted molar refractivity (Wildman–Crippen MR) is 57.0 cm³/mol. The second-order valence-corrected chi connectivity index (χ2v) is 3.47. The summed E-state index contributed by atoms with van der Waals surface area (Å²) in [6.45, 7) is 6.47. The molecule has 0 unspecified atom stereocenters. The molecule has 1 fully saturated rings. The van der Waals surface area contributed by atoms with E-state index < -0.39 is 0 Å². The maximum atomic E-state index is 5.61. The predicted octanol–water partition coefficient (Wildman–Crippen LogP) is 1.98. The second-order valence-electron chi connectivity index (χ2n) is 3.47. The Labute approximate surface area is 90.2 Å². The Balaban J connectivity index is 0.000000980. The van der Waals surface area contributed by atoms with Crippen molar-refractivity contribution in [2.45, 2.75) is 19.9 Å². The molecule has 0 radical (unpaired) electrons. The molecule has 1 atom stereocenters. The molecular formula is C10H16ClNO2. The summed E-state index contributed by atoms with van der Waals surface area (Å²) in [6.07, 6.45) is 0. The number of furan rings is 1. The van der Waals surface area contributed by atoms with Gasteiger partial charge in [-0.2, -0.15) is 0 Å². The molecular weight excluding hydrogens is 202 g/mol. The fourth-order valence-electron chi connectivity index (χ4n) is 1.52. The first kappa shape index (κ1) is 11.6. The highest BCUT2D eigenvalue weighted by atomic mass is 35.5. The van der Waals surface area contributed by atoms with E-state index in [0.29, 0.717) is 6.61 Å². The Kier molecular flexibility index (Phi) is 3.98. The molecule has 1 aliphatic heterocycles. The number of hydrogen-bond donors (Lipinski definition) is 1. The summed E-state index contributed by atoms with van der Waals surface area (Å²) in [5.74, 6) is 2.00. The van der Waals surface area contributed by atoms with Crippen LogP contribution >= 0.6 is 12.4 Å². The van der Waals surface area contributed by atoms with Crippen LogP contribution < -0.4 is 5.32 Å². The Bertz CT molecular complexity index is 273. The Hall–Kier alpha value is -0.510. The molecule has 1 aliphatic rings. The normalized spacial score (nSPS) is 21.7. The van der Waals surface area contributed by atoms with Gasteiger partial charge in [0.1, 0.15) is 11.5 Å². The van der Waals surface area contributed by atoms with Crippen molar-refractivity contribution in [1.82, 2.24) is 5.32 Å². The molecule has 0 saturated carbocycles. The van der Waals surface area contributed by atoms with Crippen LogP contribution in [0.15, 0.2) is 10.5 Å². The average molecular weight is 218 g/mol. The molecule has 3 nitrogen and oxygen atoms in total. The molecule has 0 spiro atoms. The van der Waals surface area contributed by atoms with Crippen LogP contribution in [-0.4, -0.2) is 19.8 Å². The fourth-order valence-corrected chi connectivity index (χ4v) is 1.52. The molecule has 1 saturated heterocycles. The van der Waals surface area contributed by atoms with Crippen molar-refractivity contribution in [3.8, 4) is 0 Å². The molecule has 2 heterocycles.